The summed E-state index contributed by atoms with van der Waals surface area (Å²) in [4.78, 5) is 31.5. The number of pyridine rings is 3. The molecule has 26 aromatic carbocycles. The fourth-order valence-electron chi connectivity index (χ4n) is 23.4. The van der Waals surface area contributed by atoms with Gasteiger partial charge in [-0.05, 0) is 256 Å². The monoisotopic (exact) mass is 1870 g/mol. The van der Waals surface area contributed by atoms with Gasteiger partial charge in [-0.15, -0.1) is 0 Å². The first kappa shape index (κ1) is 85.1. The number of fused-ring (bicyclic) bond motifs is 30. The molecule has 4 heterocycles. The molecule has 0 saturated heterocycles. The summed E-state index contributed by atoms with van der Waals surface area (Å²) in [5, 5.41) is 37.0. The van der Waals surface area contributed by atoms with Gasteiger partial charge in [-0.25, -0.2) is 29.9 Å². The molecule has 0 bridgehead atoms. The van der Waals surface area contributed by atoms with Gasteiger partial charge in [-0.1, -0.05) is 461 Å². The van der Waals surface area contributed by atoms with Crippen molar-refractivity contribution in [1.82, 2.24) is 29.9 Å². The second-order valence-electron chi connectivity index (χ2n) is 38.8. The Kier molecular flexibility index (Phi) is 20.2. The van der Waals surface area contributed by atoms with E-state index >= 15 is 0 Å². The largest absolute Gasteiger partial charge is 0.248 e. The molecule has 30 rings (SSSR count). The van der Waals surface area contributed by atoms with Gasteiger partial charge in [0.1, 0.15) is 0 Å². The molecule has 0 radical (unpaired) electrons. The Balaban J connectivity index is 0.000000140. The van der Waals surface area contributed by atoms with Crippen LogP contribution >= 0.6 is 0 Å². The Morgan fingerprint density at radius 3 is 0.541 bits per heavy atom. The van der Waals surface area contributed by atoms with Crippen LogP contribution in [-0.2, 0) is 0 Å². The van der Waals surface area contributed by atoms with Crippen molar-refractivity contribution in [2.24, 2.45) is 0 Å². The normalized spacial score (nSPS) is 11.8. The lowest BCUT2D eigenvalue weighted by molar-refractivity contribution is 1.07. The Morgan fingerprint density at radius 1 is 0.0878 bits per heavy atom. The van der Waals surface area contributed by atoms with E-state index in [2.05, 4.69) is 461 Å². The molecule has 0 aliphatic rings. The van der Waals surface area contributed by atoms with Crippen molar-refractivity contribution < 1.29 is 0 Å². The minimum absolute atomic E-state index is 0.612. The zero-order chi connectivity index (χ0) is 97.4. The Bertz CT molecular complexity index is 9860. The number of hydrogen-bond acceptors (Lipinski definition) is 6. The fourth-order valence-corrected chi connectivity index (χ4v) is 23.4. The third-order valence-electron chi connectivity index (χ3n) is 30.5. The molecule has 6 heteroatoms. The van der Waals surface area contributed by atoms with Gasteiger partial charge < -0.3 is 0 Å². The highest BCUT2D eigenvalue weighted by Gasteiger charge is 2.25. The first-order chi connectivity index (χ1) is 73.4. The predicted molar refractivity (Wildman–Crippen MR) is 625 cm³/mol. The predicted octanol–water partition coefficient (Wildman–Crippen LogP) is 38.2. The number of aromatic nitrogens is 6. The highest BCUT2D eigenvalue weighted by Crippen LogP contribution is 2.50. The van der Waals surface area contributed by atoms with Crippen LogP contribution in [-0.4, -0.2) is 29.9 Å². The number of hydrogen-bond donors (Lipinski definition) is 0. The van der Waals surface area contributed by atoms with E-state index in [1.54, 1.807) is 0 Å². The summed E-state index contributed by atoms with van der Waals surface area (Å²) >= 11 is 0. The molecule has 0 unspecified atom stereocenters. The van der Waals surface area contributed by atoms with E-state index in [1.807, 2.05) is 60.7 Å². The molecule has 0 aliphatic heterocycles. The lowest BCUT2D eigenvalue weighted by atomic mass is 9.87. The van der Waals surface area contributed by atoms with E-state index in [1.165, 1.54) is 157 Å². The van der Waals surface area contributed by atoms with E-state index in [4.69, 9.17) is 29.9 Å². The third kappa shape index (κ3) is 14.5. The van der Waals surface area contributed by atoms with Crippen molar-refractivity contribution in [3.05, 3.63) is 522 Å². The molecule has 0 spiro atoms. The minimum Gasteiger partial charge on any atom is -0.248 e. The molecule has 0 atom stereocenters. The Hall–Kier alpha value is -19.7. The first-order valence-electron chi connectivity index (χ1n) is 50.7. The van der Waals surface area contributed by atoms with E-state index < -0.39 is 0 Å². The van der Waals surface area contributed by atoms with Gasteiger partial charge in [0.05, 0.1) is 33.8 Å². The number of nitrogens with zero attached hydrogens (tertiary/aromatic N) is 6. The summed E-state index contributed by atoms with van der Waals surface area (Å²) < 4.78 is 0. The van der Waals surface area contributed by atoms with E-state index in [-0.39, 0.29) is 0 Å². The molecule has 0 fully saturated rings. The Labute approximate surface area is 852 Å². The van der Waals surface area contributed by atoms with Gasteiger partial charge in [-0.2, -0.15) is 0 Å². The smallest absolute Gasteiger partial charge is 0.164 e. The molecule has 148 heavy (non-hydrogen) atoms. The van der Waals surface area contributed by atoms with Crippen LogP contribution in [0.15, 0.2) is 522 Å². The zero-order valence-corrected chi connectivity index (χ0v) is 80.3. The average Bonchev–Trinajstić information content (AvgIpc) is 0.728. The van der Waals surface area contributed by atoms with Crippen LogP contribution in [0.25, 0.3) is 307 Å². The van der Waals surface area contributed by atoms with Crippen molar-refractivity contribution in [3.8, 4) is 135 Å². The molecule has 0 saturated carbocycles. The summed E-state index contributed by atoms with van der Waals surface area (Å²) in [5.74, 6) is 1.88. The summed E-state index contributed by atoms with van der Waals surface area (Å²) in [5.41, 5.74) is 24.1. The summed E-state index contributed by atoms with van der Waals surface area (Å²) in [6, 6.07) is 189. The highest BCUT2D eigenvalue weighted by atomic mass is 15.0. The Morgan fingerprint density at radius 2 is 0.270 bits per heavy atom. The summed E-state index contributed by atoms with van der Waals surface area (Å²) in [7, 11) is 0. The first-order valence-corrected chi connectivity index (χ1v) is 50.7. The molecule has 0 aliphatic carbocycles. The van der Waals surface area contributed by atoms with Gasteiger partial charge >= 0.3 is 0 Å². The molecular weight excluding hydrogens is 1790 g/mol. The minimum atomic E-state index is 0.612. The zero-order valence-electron chi connectivity index (χ0n) is 80.3. The third-order valence-corrected chi connectivity index (χ3v) is 30.5. The summed E-state index contributed by atoms with van der Waals surface area (Å²) in [6.45, 7) is 0. The molecule has 684 valence electrons. The van der Waals surface area contributed by atoms with Crippen molar-refractivity contribution in [2.75, 3.05) is 0 Å². The lowest BCUT2D eigenvalue weighted by Gasteiger charge is -2.18. The highest BCUT2D eigenvalue weighted by molar-refractivity contribution is 6.31. The lowest BCUT2D eigenvalue weighted by Crippen LogP contribution is -2.00. The van der Waals surface area contributed by atoms with E-state index in [0.717, 1.165) is 133 Å². The molecule has 0 N–H and O–H groups in total. The maximum atomic E-state index is 5.67. The maximum absolute atomic E-state index is 5.67. The molecular formula is C142H86N6. The van der Waals surface area contributed by atoms with Gasteiger partial charge in [0.15, 0.2) is 17.5 Å². The van der Waals surface area contributed by atoms with E-state index in [0.29, 0.717) is 17.5 Å². The van der Waals surface area contributed by atoms with Crippen LogP contribution in [0.2, 0.25) is 0 Å². The van der Waals surface area contributed by atoms with Crippen molar-refractivity contribution in [2.45, 2.75) is 0 Å². The van der Waals surface area contributed by atoms with Gasteiger partial charge in [0, 0.05) is 60.5 Å². The SMILES string of the molecule is c1ccc(-c2cc(-c3ccc(-c4cc(-c5ccc6c7ccccc7c7ccccc7c6c5)c5cc(-c6ccc7c8ccccc8c8ccccc8c7c6)c6ccccc6c5n4)cc3)cc(-c3ccccc3)n2)cc1.c1ccc(-c2nc(-c3ccccc3)nc(-c3ccc(-c4cc(-c5ccc6c7ccccc7c7ccccc7c6c5)c5cc(-c6ccc7c8ccccc8c8ccccc8c7c6)c6ccccc6c5n4)cc3)n2)cc1. The maximum Gasteiger partial charge on any atom is 0.164 e. The van der Waals surface area contributed by atoms with Crippen LogP contribution in [0.1, 0.15) is 0 Å². The van der Waals surface area contributed by atoms with Gasteiger partial charge in [0.2, 0.25) is 0 Å². The van der Waals surface area contributed by atoms with Gasteiger partial charge in [-0.3, -0.25) is 0 Å². The molecule has 30 aromatic rings. The van der Waals surface area contributed by atoms with Crippen molar-refractivity contribution in [3.63, 3.8) is 0 Å². The van der Waals surface area contributed by atoms with Crippen LogP contribution in [0, 0.1) is 0 Å². The van der Waals surface area contributed by atoms with Gasteiger partial charge in [0.25, 0.3) is 0 Å². The van der Waals surface area contributed by atoms with E-state index in [9.17, 15) is 0 Å². The topological polar surface area (TPSA) is 77.3 Å². The summed E-state index contributed by atoms with van der Waals surface area (Å²) in [6.07, 6.45) is 0. The van der Waals surface area contributed by atoms with Crippen molar-refractivity contribution >= 4 is 173 Å². The van der Waals surface area contributed by atoms with Crippen molar-refractivity contribution in [1.29, 1.82) is 0 Å². The quantitative estimate of drug-likeness (QED) is 0.113. The molecule has 6 nitrogen and oxygen atoms in total. The van der Waals surface area contributed by atoms with Crippen LogP contribution in [0.5, 0.6) is 0 Å². The molecule has 4 aromatic heterocycles. The average molecular weight is 1880 g/mol. The fraction of sp³-hybridized carbons (Fsp3) is 0. The second-order valence-corrected chi connectivity index (χ2v) is 38.8. The standard InChI is InChI=1S/C72H44N2.C70H42N4/c1-3-17-46(18-4-1)69-41-51(42-70(73-69)47-19-5-2-6-20-47)45-31-33-48(34-32-45)71-44-65(50-36-38-62-57-26-10-8-22-53(57)55-24-12-14-28-59(55)67(62)40-50)68-43-64(60-29-15-16-30-63(60)72(68)74-71)49-35-37-61-56-25-9-7-21-52(56)54-23-11-13-27-58(54)66(61)39-49;1-3-17-44(18-4-1)68-72-69(45-19-5-2-6-20-45)74-70(73-68)46-33-31-43(32-34-46)66-42-62(48-36-38-59-54-26-10-8-22-50(54)52-24-12-14-28-56(52)64(59)40-48)65-41-61(57-29-15-16-30-60(57)67(65)71-66)47-35-37-58-53-25-9-7-21-49(53)51-23-11-13-27-55(51)63(58)39-47/h1-44H;1-42H. The molecule has 0 amide bonds. The number of benzene rings is 26. The van der Waals surface area contributed by atoms with Crippen LogP contribution in [0.4, 0.5) is 0 Å². The second kappa shape index (κ2) is 35.2. The van der Waals surface area contributed by atoms with Crippen LogP contribution < -0.4 is 0 Å². The number of rotatable bonds is 12. The van der Waals surface area contributed by atoms with Crippen LogP contribution in [0.3, 0.4) is 0 Å².